The fourth-order valence-corrected chi connectivity index (χ4v) is 1.81. The van der Waals surface area contributed by atoms with Crippen molar-refractivity contribution in [2.45, 2.75) is 27.3 Å². The van der Waals surface area contributed by atoms with Crippen molar-refractivity contribution in [3.8, 4) is 5.82 Å². The van der Waals surface area contributed by atoms with E-state index in [4.69, 9.17) is 0 Å². The van der Waals surface area contributed by atoms with Crippen LogP contribution in [0.5, 0.6) is 0 Å². The molecule has 0 saturated heterocycles. The standard InChI is InChI=1S/C14H20N4/c1-11(2)9-15-10-13-5-4-6-14(17-13)18-8-7-16-12(18)3/h4-8,11,15H,9-10H2,1-3H3. The van der Waals surface area contributed by atoms with Crippen LogP contribution in [0.3, 0.4) is 0 Å². The van der Waals surface area contributed by atoms with E-state index < -0.39 is 0 Å². The van der Waals surface area contributed by atoms with E-state index in [0.717, 1.165) is 30.4 Å². The van der Waals surface area contributed by atoms with Crippen molar-refractivity contribution in [3.05, 3.63) is 42.1 Å². The second-order valence-corrected chi connectivity index (χ2v) is 4.86. The quantitative estimate of drug-likeness (QED) is 0.877. The molecule has 0 saturated carbocycles. The summed E-state index contributed by atoms with van der Waals surface area (Å²) in [5.74, 6) is 2.53. The van der Waals surface area contributed by atoms with Crippen molar-refractivity contribution in [1.29, 1.82) is 0 Å². The third-order valence-corrected chi connectivity index (χ3v) is 2.72. The third-order valence-electron chi connectivity index (χ3n) is 2.72. The first kappa shape index (κ1) is 12.8. The van der Waals surface area contributed by atoms with Gasteiger partial charge in [0.15, 0.2) is 0 Å². The molecule has 0 aliphatic rings. The lowest BCUT2D eigenvalue weighted by molar-refractivity contribution is 0.548. The fourth-order valence-electron chi connectivity index (χ4n) is 1.81. The minimum absolute atomic E-state index is 0.657. The Kier molecular flexibility index (Phi) is 4.10. The number of aryl methyl sites for hydroxylation is 1. The molecule has 2 aromatic rings. The van der Waals surface area contributed by atoms with Crippen LogP contribution < -0.4 is 5.32 Å². The molecule has 0 bridgehead atoms. The van der Waals surface area contributed by atoms with E-state index >= 15 is 0 Å². The number of aromatic nitrogens is 3. The molecule has 0 radical (unpaired) electrons. The lowest BCUT2D eigenvalue weighted by Crippen LogP contribution is -2.19. The Morgan fingerprint density at radius 3 is 2.83 bits per heavy atom. The third kappa shape index (κ3) is 3.17. The van der Waals surface area contributed by atoms with Crippen LogP contribution in [-0.2, 0) is 6.54 Å². The Hall–Kier alpha value is -1.68. The van der Waals surface area contributed by atoms with Gasteiger partial charge in [-0.1, -0.05) is 19.9 Å². The molecule has 0 fully saturated rings. The predicted molar refractivity (Wildman–Crippen MR) is 72.6 cm³/mol. The van der Waals surface area contributed by atoms with Crippen LogP contribution in [0, 0.1) is 12.8 Å². The van der Waals surface area contributed by atoms with Crippen molar-refractivity contribution < 1.29 is 0 Å². The molecular formula is C14H20N4. The summed E-state index contributed by atoms with van der Waals surface area (Å²) in [6.07, 6.45) is 3.73. The number of imidazole rings is 1. The van der Waals surface area contributed by atoms with Gasteiger partial charge in [-0.15, -0.1) is 0 Å². The van der Waals surface area contributed by atoms with Crippen molar-refractivity contribution in [3.63, 3.8) is 0 Å². The molecule has 0 amide bonds. The number of hydrogen-bond acceptors (Lipinski definition) is 3. The molecular weight excluding hydrogens is 224 g/mol. The molecule has 0 aromatic carbocycles. The minimum atomic E-state index is 0.657. The molecule has 96 valence electrons. The summed E-state index contributed by atoms with van der Waals surface area (Å²) < 4.78 is 1.99. The summed E-state index contributed by atoms with van der Waals surface area (Å²) in [4.78, 5) is 8.85. The largest absolute Gasteiger partial charge is 0.311 e. The molecule has 18 heavy (non-hydrogen) atoms. The van der Waals surface area contributed by atoms with Gasteiger partial charge in [-0.25, -0.2) is 9.97 Å². The smallest absolute Gasteiger partial charge is 0.138 e. The molecule has 2 heterocycles. The summed E-state index contributed by atoms with van der Waals surface area (Å²) >= 11 is 0. The van der Waals surface area contributed by atoms with Crippen LogP contribution in [-0.4, -0.2) is 21.1 Å². The zero-order valence-corrected chi connectivity index (χ0v) is 11.2. The first-order chi connectivity index (χ1) is 8.66. The van der Waals surface area contributed by atoms with Gasteiger partial charge < -0.3 is 5.32 Å². The SMILES string of the molecule is Cc1nccn1-c1cccc(CNCC(C)C)n1. The van der Waals surface area contributed by atoms with Crippen molar-refractivity contribution in [1.82, 2.24) is 19.9 Å². The number of rotatable bonds is 5. The normalized spacial score (nSPS) is 11.1. The van der Waals surface area contributed by atoms with Gasteiger partial charge in [0.1, 0.15) is 11.6 Å². The van der Waals surface area contributed by atoms with Gasteiger partial charge in [0.25, 0.3) is 0 Å². The van der Waals surface area contributed by atoms with Crippen molar-refractivity contribution >= 4 is 0 Å². The summed E-state index contributed by atoms with van der Waals surface area (Å²) in [6, 6.07) is 6.08. The number of nitrogens with zero attached hydrogens (tertiary/aromatic N) is 3. The fraction of sp³-hybridized carbons (Fsp3) is 0.429. The summed E-state index contributed by atoms with van der Waals surface area (Å²) in [5, 5.41) is 3.40. The first-order valence-corrected chi connectivity index (χ1v) is 6.34. The molecule has 2 aromatic heterocycles. The molecule has 0 aliphatic carbocycles. The highest BCUT2D eigenvalue weighted by molar-refractivity contribution is 5.26. The maximum atomic E-state index is 4.63. The predicted octanol–water partition coefficient (Wildman–Crippen LogP) is 2.32. The molecule has 4 nitrogen and oxygen atoms in total. The van der Waals surface area contributed by atoms with E-state index in [0.29, 0.717) is 5.92 Å². The van der Waals surface area contributed by atoms with Gasteiger partial charge >= 0.3 is 0 Å². The monoisotopic (exact) mass is 244 g/mol. The lowest BCUT2D eigenvalue weighted by Gasteiger charge is -2.09. The second kappa shape index (κ2) is 5.78. The highest BCUT2D eigenvalue weighted by atomic mass is 15.1. The maximum absolute atomic E-state index is 4.63. The summed E-state index contributed by atoms with van der Waals surface area (Å²) in [6.45, 7) is 8.19. The molecule has 4 heteroatoms. The molecule has 0 unspecified atom stereocenters. The van der Waals surface area contributed by atoms with Crippen LogP contribution in [0.25, 0.3) is 5.82 Å². The summed E-state index contributed by atoms with van der Waals surface area (Å²) in [5.41, 5.74) is 1.06. The lowest BCUT2D eigenvalue weighted by atomic mass is 10.2. The van der Waals surface area contributed by atoms with Crippen molar-refractivity contribution in [2.24, 2.45) is 5.92 Å². The van der Waals surface area contributed by atoms with Gasteiger partial charge in [0.2, 0.25) is 0 Å². The second-order valence-electron chi connectivity index (χ2n) is 4.86. The van der Waals surface area contributed by atoms with Crippen LogP contribution >= 0.6 is 0 Å². The van der Waals surface area contributed by atoms with E-state index in [9.17, 15) is 0 Å². The van der Waals surface area contributed by atoms with E-state index in [1.54, 1.807) is 6.20 Å². The summed E-state index contributed by atoms with van der Waals surface area (Å²) in [7, 11) is 0. The molecule has 0 atom stereocenters. The molecule has 1 N–H and O–H groups in total. The van der Waals surface area contributed by atoms with E-state index in [-0.39, 0.29) is 0 Å². The van der Waals surface area contributed by atoms with Gasteiger partial charge in [-0.3, -0.25) is 4.57 Å². The van der Waals surface area contributed by atoms with E-state index in [1.807, 2.05) is 35.9 Å². The average molecular weight is 244 g/mol. The Bertz CT molecular complexity index is 502. The number of pyridine rings is 1. The highest BCUT2D eigenvalue weighted by Gasteiger charge is 2.03. The van der Waals surface area contributed by atoms with Crippen LogP contribution in [0.4, 0.5) is 0 Å². The Morgan fingerprint density at radius 2 is 2.17 bits per heavy atom. The molecule has 2 rings (SSSR count). The molecule has 0 spiro atoms. The van der Waals surface area contributed by atoms with Gasteiger partial charge in [0, 0.05) is 18.9 Å². The zero-order valence-electron chi connectivity index (χ0n) is 11.2. The van der Waals surface area contributed by atoms with E-state index in [2.05, 4.69) is 29.1 Å². The van der Waals surface area contributed by atoms with Gasteiger partial charge in [-0.2, -0.15) is 0 Å². The first-order valence-electron chi connectivity index (χ1n) is 6.34. The zero-order chi connectivity index (χ0) is 13.0. The minimum Gasteiger partial charge on any atom is -0.311 e. The molecule has 0 aliphatic heterocycles. The van der Waals surface area contributed by atoms with Gasteiger partial charge in [-0.05, 0) is 31.5 Å². The van der Waals surface area contributed by atoms with Crippen LogP contribution in [0.2, 0.25) is 0 Å². The number of hydrogen-bond donors (Lipinski definition) is 1. The highest BCUT2D eigenvalue weighted by Crippen LogP contribution is 2.08. The average Bonchev–Trinajstić information content (AvgIpc) is 2.75. The van der Waals surface area contributed by atoms with Crippen LogP contribution in [0.1, 0.15) is 25.4 Å². The maximum Gasteiger partial charge on any atom is 0.138 e. The van der Waals surface area contributed by atoms with E-state index in [1.165, 1.54) is 0 Å². The van der Waals surface area contributed by atoms with Crippen LogP contribution in [0.15, 0.2) is 30.6 Å². The topological polar surface area (TPSA) is 42.7 Å². The number of nitrogens with one attached hydrogen (secondary N) is 1. The Labute approximate surface area is 108 Å². The Morgan fingerprint density at radius 1 is 1.33 bits per heavy atom. The Balaban J connectivity index is 2.08. The van der Waals surface area contributed by atoms with Gasteiger partial charge in [0.05, 0.1) is 5.69 Å². The van der Waals surface area contributed by atoms with Crippen molar-refractivity contribution in [2.75, 3.05) is 6.54 Å².